The molecule has 1 N–H and O–H groups in total. The Labute approximate surface area is 200 Å². The minimum atomic E-state index is -0.632. The molecular weight excluding hydrogens is 428 g/mol. The van der Waals surface area contributed by atoms with Crippen LogP contribution in [0.25, 0.3) is 10.8 Å². The fourth-order valence-electron chi connectivity index (χ4n) is 3.94. The highest BCUT2D eigenvalue weighted by Gasteiger charge is 2.37. The summed E-state index contributed by atoms with van der Waals surface area (Å²) in [5, 5.41) is 5.06. The molecule has 1 aliphatic heterocycles. The number of ether oxygens (including phenoxy) is 2. The quantitative estimate of drug-likeness (QED) is 0.494. The number of nitrogens with one attached hydrogen (secondary N) is 1. The van der Waals surface area contributed by atoms with E-state index in [-0.39, 0.29) is 18.4 Å². The van der Waals surface area contributed by atoms with Crippen LogP contribution in [0.4, 0.5) is 11.4 Å². The SMILES string of the molecule is CC(C)CCN1C(=O)C(C)(C)COc2ccc(NC(=O)COc3ccc4ccccc4c3)cc21. The van der Waals surface area contributed by atoms with Gasteiger partial charge >= 0.3 is 0 Å². The average molecular weight is 461 g/mol. The first-order valence-electron chi connectivity index (χ1n) is 11.7. The molecule has 0 unspecified atom stereocenters. The van der Waals surface area contributed by atoms with E-state index in [1.165, 1.54) is 0 Å². The summed E-state index contributed by atoms with van der Waals surface area (Å²) < 4.78 is 11.7. The van der Waals surface area contributed by atoms with Crippen molar-refractivity contribution in [3.63, 3.8) is 0 Å². The molecule has 1 heterocycles. The zero-order chi connectivity index (χ0) is 24.3. The van der Waals surface area contributed by atoms with Gasteiger partial charge in [0.2, 0.25) is 5.91 Å². The third-order valence-electron chi connectivity index (χ3n) is 5.97. The van der Waals surface area contributed by atoms with Gasteiger partial charge < -0.3 is 19.7 Å². The van der Waals surface area contributed by atoms with E-state index in [4.69, 9.17) is 9.47 Å². The Morgan fingerprint density at radius 3 is 2.62 bits per heavy atom. The van der Waals surface area contributed by atoms with Crippen LogP contribution in [-0.2, 0) is 9.59 Å². The van der Waals surface area contributed by atoms with E-state index >= 15 is 0 Å². The number of nitrogens with zero attached hydrogens (tertiary/aromatic N) is 1. The van der Waals surface area contributed by atoms with Crippen molar-refractivity contribution < 1.29 is 19.1 Å². The van der Waals surface area contributed by atoms with E-state index in [0.717, 1.165) is 17.2 Å². The van der Waals surface area contributed by atoms with Gasteiger partial charge in [-0.05, 0) is 67.3 Å². The van der Waals surface area contributed by atoms with Crippen LogP contribution >= 0.6 is 0 Å². The van der Waals surface area contributed by atoms with Crippen molar-refractivity contribution in [1.29, 1.82) is 0 Å². The molecule has 0 atom stereocenters. The van der Waals surface area contributed by atoms with Crippen LogP contribution in [0.15, 0.2) is 60.7 Å². The smallest absolute Gasteiger partial charge is 0.262 e. The Morgan fingerprint density at radius 1 is 1.09 bits per heavy atom. The van der Waals surface area contributed by atoms with Crippen LogP contribution in [0.3, 0.4) is 0 Å². The van der Waals surface area contributed by atoms with E-state index in [1.54, 1.807) is 11.0 Å². The number of hydrogen-bond acceptors (Lipinski definition) is 4. The van der Waals surface area contributed by atoms with Crippen LogP contribution in [0.2, 0.25) is 0 Å². The lowest BCUT2D eigenvalue weighted by molar-refractivity contribution is -0.127. The summed E-state index contributed by atoms with van der Waals surface area (Å²) in [7, 11) is 0. The predicted molar refractivity (Wildman–Crippen MR) is 136 cm³/mol. The Kier molecular flexibility index (Phi) is 6.77. The number of rotatable bonds is 7. The average Bonchev–Trinajstić information content (AvgIpc) is 2.90. The summed E-state index contributed by atoms with van der Waals surface area (Å²) in [5.74, 6) is 1.49. The maximum atomic E-state index is 13.3. The van der Waals surface area contributed by atoms with Gasteiger partial charge in [0.1, 0.15) is 18.1 Å². The molecule has 178 valence electrons. The summed E-state index contributed by atoms with van der Waals surface area (Å²) in [6.45, 7) is 8.86. The molecule has 0 spiro atoms. The maximum absolute atomic E-state index is 13.3. The molecular formula is C28H32N2O4. The van der Waals surface area contributed by atoms with Gasteiger partial charge in [-0.15, -0.1) is 0 Å². The summed E-state index contributed by atoms with van der Waals surface area (Å²) >= 11 is 0. The fraction of sp³-hybridized carbons (Fsp3) is 0.357. The fourth-order valence-corrected chi connectivity index (χ4v) is 3.94. The number of carbonyl (C=O) groups excluding carboxylic acids is 2. The highest BCUT2D eigenvalue weighted by atomic mass is 16.5. The minimum absolute atomic E-state index is 0.0232. The van der Waals surface area contributed by atoms with Gasteiger partial charge in [0.05, 0.1) is 11.1 Å². The van der Waals surface area contributed by atoms with Gasteiger partial charge in [-0.2, -0.15) is 0 Å². The summed E-state index contributed by atoms with van der Waals surface area (Å²) in [4.78, 5) is 27.7. The molecule has 6 heteroatoms. The molecule has 1 aliphatic rings. The standard InChI is InChI=1S/C28H32N2O4/c1-19(2)13-14-30-24-16-22(10-12-25(24)34-18-28(3,4)27(30)32)29-26(31)17-33-23-11-9-20-7-5-6-8-21(20)15-23/h5-12,15-16,19H,13-14,17-18H2,1-4H3,(H,29,31). The molecule has 6 nitrogen and oxygen atoms in total. The maximum Gasteiger partial charge on any atom is 0.262 e. The lowest BCUT2D eigenvalue weighted by Gasteiger charge is -2.28. The molecule has 3 aromatic carbocycles. The van der Waals surface area contributed by atoms with Crippen molar-refractivity contribution in [1.82, 2.24) is 0 Å². The zero-order valence-corrected chi connectivity index (χ0v) is 20.3. The number of carbonyl (C=O) groups is 2. The van der Waals surface area contributed by atoms with Gasteiger partial charge in [0.25, 0.3) is 5.91 Å². The molecule has 0 fully saturated rings. The monoisotopic (exact) mass is 460 g/mol. The first kappa shape index (κ1) is 23.6. The van der Waals surface area contributed by atoms with Crippen LogP contribution in [-0.4, -0.2) is 31.6 Å². The Hall–Kier alpha value is -3.54. The second-order valence-corrected chi connectivity index (χ2v) is 9.84. The number of benzene rings is 3. The molecule has 0 bridgehead atoms. The Morgan fingerprint density at radius 2 is 1.85 bits per heavy atom. The molecule has 34 heavy (non-hydrogen) atoms. The van der Waals surface area contributed by atoms with Gasteiger partial charge in [-0.25, -0.2) is 0 Å². The second-order valence-electron chi connectivity index (χ2n) is 9.84. The summed E-state index contributed by atoms with van der Waals surface area (Å²) in [6.07, 6.45) is 0.872. The van der Waals surface area contributed by atoms with E-state index < -0.39 is 5.41 Å². The van der Waals surface area contributed by atoms with Crippen molar-refractivity contribution in [3.8, 4) is 11.5 Å². The first-order chi connectivity index (χ1) is 16.2. The van der Waals surface area contributed by atoms with Gasteiger partial charge in [-0.1, -0.05) is 44.2 Å². The third kappa shape index (κ3) is 5.33. The normalized spacial score (nSPS) is 15.0. The van der Waals surface area contributed by atoms with E-state index in [2.05, 4.69) is 19.2 Å². The van der Waals surface area contributed by atoms with Gasteiger partial charge in [0.15, 0.2) is 6.61 Å². The molecule has 4 rings (SSSR count). The highest BCUT2D eigenvalue weighted by Crippen LogP contribution is 2.38. The van der Waals surface area contributed by atoms with Gasteiger partial charge in [0, 0.05) is 12.2 Å². The van der Waals surface area contributed by atoms with E-state index in [0.29, 0.717) is 41.9 Å². The number of anilines is 2. The number of amides is 2. The molecule has 0 aliphatic carbocycles. The number of hydrogen-bond donors (Lipinski definition) is 1. The molecule has 0 radical (unpaired) electrons. The van der Waals surface area contributed by atoms with E-state index in [1.807, 2.05) is 68.4 Å². The van der Waals surface area contributed by atoms with Crippen molar-refractivity contribution in [2.24, 2.45) is 11.3 Å². The van der Waals surface area contributed by atoms with Crippen molar-refractivity contribution in [3.05, 3.63) is 60.7 Å². The Bertz CT molecular complexity index is 1200. The van der Waals surface area contributed by atoms with Gasteiger partial charge in [-0.3, -0.25) is 9.59 Å². The topological polar surface area (TPSA) is 67.9 Å². The lowest BCUT2D eigenvalue weighted by atomic mass is 9.92. The zero-order valence-electron chi connectivity index (χ0n) is 20.3. The Balaban J connectivity index is 1.47. The molecule has 2 amide bonds. The lowest BCUT2D eigenvalue weighted by Crippen LogP contribution is -2.42. The minimum Gasteiger partial charge on any atom is -0.490 e. The van der Waals surface area contributed by atoms with Crippen LogP contribution in [0, 0.1) is 11.3 Å². The van der Waals surface area contributed by atoms with Crippen LogP contribution in [0.5, 0.6) is 11.5 Å². The summed E-state index contributed by atoms with van der Waals surface area (Å²) in [6, 6.07) is 19.2. The summed E-state index contributed by atoms with van der Waals surface area (Å²) in [5.41, 5.74) is 0.647. The molecule has 0 saturated heterocycles. The molecule has 3 aromatic rings. The highest BCUT2D eigenvalue weighted by molar-refractivity contribution is 6.00. The van der Waals surface area contributed by atoms with Crippen LogP contribution in [0.1, 0.15) is 34.1 Å². The number of fused-ring (bicyclic) bond motifs is 2. The first-order valence-corrected chi connectivity index (χ1v) is 11.7. The second kappa shape index (κ2) is 9.75. The van der Waals surface area contributed by atoms with Crippen molar-refractivity contribution in [2.75, 3.05) is 30.0 Å². The largest absolute Gasteiger partial charge is 0.490 e. The van der Waals surface area contributed by atoms with E-state index in [9.17, 15) is 9.59 Å². The molecule has 0 saturated carbocycles. The predicted octanol–water partition coefficient (Wildman–Crippen LogP) is 5.66. The third-order valence-corrected chi connectivity index (χ3v) is 5.97. The van der Waals surface area contributed by atoms with Crippen LogP contribution < -0.4 is 19.7 Å². The van der Waals surface area contributed by atoms with Crippen molar-refractivity contribution in [2.45, 2.75) is 34.1 Å². The van der Waals surface area contributed by atoms with Crippen molar-refractivity contribution >= 4 is 34.0 Å². The molecule has 0 aromatic heterocycles.